The van der Waals surface area contributed by atoms with Crippen molar-refractivity contribution in [1.29, 1.82) is 0 Å². The van der Waals surface area contributed by atoms with Crippen molar-refractivity contribution in [3.63, 3.8) is 0 Å². The topological polar surface area (TPSA) is 128 Å². The van der Waals surface area contributed by atoms with Crippen LogP contribution in [0, 0.1) is 5.92 Å². The van der Waals surface area contributed by atoms with Gasteiger partial charge in [-0.25, -0.2) is 13.2 Å². The smallest absolute Gasteiger partial charge is 0.416 e. The van der Waals surface area contributed by atoms with Crippen LogP contribution in [0.25, 0.3) is 0 Å². The molecular formula is C30H33F3N4O6S. The Morgan fingerprint density at radius 3 is 2.34 bits per heavy atom. The van der Waals surface area contributed by atoms with Crippen molar-refractivity contribution in [2.45, 2.75) is 37.1 Å². The van der Waals surface area contributed by atoms with E-state index in [0.29, 0.717) is 0 Å². The van der Waals surface area contributed by atoms with Gasteiger partial charge in [-0.2, -0.15) is 13.2 Å². The van der Waals surface area contributed by atoms with Crippen LogP contribution < -0.4 is 14.8 Å². The fourth-order valence-corrected chi connectivity index (χ4v) is 5.70. The standard InChI is InChI=1S/C30H33F3N4O6S/c1-19-16-37(20(2)18-38)28(39)25-15-23(35-44(41,42)24-7-5-4-6-8-24)13-14-26(25)43-27(19)17-36(3)29(40)34-22-11-9-21(10-12-22)30(31,32)33/h4-15,19-20,27,35,38H,16-18H2,1-3H3,(H,34,40)/t19-,20-,27-/m0/s1. The fourth-order valence-electron chi connectivity index (χ4n) is 4.63. The zero-order chi connectivity index (χ0) is 32.2. The summed E-state index contributed by atoms with van der Waals surface area (Å²) in [5.74, 6) is -0.652. The highest BCUT2D eigenvalue weighted by atomic mass is 32.2. The third-order valence-electron chi connectivity index (χ3n) is 7.23. The Kier molecular flexibility index (Phi) is 9.74. The lowest BCUT2D eigenvalue weighted by Gasteiger charge is -2.38. The van der Waals surface area contributed by atoms with Gasteiger partial charge in [0.05, 0.1) is 35.2 Å². The van der Waals surface area contributed by atoms with Crippen molar-refractivity contribution in [1.82, 2.24) is 9.80 Å². The number of sulfonamides is 1. The number of hydrogen-bond donors (Lipinski definition) is 3. The van der Waals surface area contributed by atoms with Crippen molar-refractivity contribution >= 4 is 33.3 Å². The van der Waals surface area contributed by atoms with Crippen LogP contribution in [-0.2, 0) is 16.2 Å². The van der Waals surface area contributed by atoms with E-state index in [1.165, 1.54) is 47.2 Å². The second kappa shape index (κ2) is 13.1. The molecule has 3 amide bonds. The van der Waals surface area contributed by atoms with Crippen molar-refractivity contribution in [3.8, 4) is 5.75 Å². The molecule has 10 nitrogen and oxygen atoms in total. The summed E-state index contributed by atoms with van der Waals surface area (Å²) in [6.45, 7) is 3.36. The lowest BCUT2D eigenvalue weighted by molar-refractivity contribution is -0.137. The maximum Gasteiger partial charge on any atom is 0.416 e. The van der Waals surface area contributed by atoms with Gasteiger partial charge in [0.25, 0.3) is 15.9 Å². The number of halogens is 3. The van der Waals surface area contributed by atoms with Crippen molar-refractivity contribution in [3.05, 3.63) is 83.9 Å². The first-order valence-electron chi connectivity index (χ1n) is 13.7. The third kappa shape index (κ3) is 7.61. The molecule has 1 aliphatic heterocycles. The van der Waals surface area contributed by atoms with Crippen LogP contribution in [0.2, 0.25) is 0 Å². The van der Waals surface area contributed by atoms with E-state index < -0.39 is 45.8 Å². The number of aliphatic hydroxyl groups is 1. The Labute approximate surface area is 253 Å². The zero-order valence-electron chi connectivity index (χ0n) is 24.2. The number of nitrogens with zero attached hydrogens (tertiary/aromatic N) is 2. The number of likely N-dealkylation sites (N-methyl/N-ethyl adjacent to an activating group) is 1. The molecule has 1 heterocycles. The van der Waals surface area contributed by atoms with Gasteiger partial charge >= 0.3 is 12.2 Å². The van der Waals surface area contributed by atoms with Gasteiger partial charge in [-0.05, 0) is 61.5 Å². The molecular weight excluding hydrogens is 601 g/mol. The number of amides is 3. The SMILES string of the molecule is C[C@H]1CN([C@@H](C)CO)C(=O)c2cc(NS(=O)(=O)c3ccccc3)ccc2O[C@H]1CN(C)C(=O)Nc1ccc(C(F)(F)F)cc1. The Morgan fingerprint density at radius 1 is 1.09 bits per heavy atom. The molecule has 0 aromatic heterocycles. The third-order valence-corrected chi connectivity index (χ3v) is 8.63. The summed E-state index contributed by atoms with van der Waals surface area (Å²) < 4.78 is 73.2. The number of rotatable bonds is 8. The molecule has 0 fully saturated rings. The van der Waals surface area contributed by atoms with Gasteiger partial charge in [0.15, 0.2) is 0 Å². The van der Waals surface area contributed by atoms with Crippen LogP contribution in [0.3, 0.4) is 0 Å². The summed E-state index contributed by atoms with van der Waals surface area (Å²) >= 11 is 0. The van der Waals surface area contributed by atoms with Crippen LogP contribution in [0.4, 0.5) is 29.3 Å². The molecule has 0 spiro atoms. The van der Waals surface area contributed by atoms with Gasteiger partial charge in [0.1, 0.15) is 11.9 Å². The van der Waals surface area contributed by atoms with Crippen LogP contribution in [0.15, 0.2) is 77.7 Å². The Balaban J connectivity index is 1.57. The molecule has 14 heteroatoms. The first-order chi connectivity index (χ1) is 20.7. The summed E-state index contributed by atoms with van der Waals surface area (Å²) in [5.41, 5.74) is -0.482. The molecule has 236 valence electrons. The van der Waals surface area contributed by atoms with Gasteiger partial charge in [-0.15, -0.1) is 0 Å². The minimum absolute atomic E-state index is 0.0327. The monoisotopic (exact) mass is 634 g/mol. The van der Waals surface area contributed by atoms with E-state index in [-0.39, 0.29) is 53.2 Å². The fraction of sp³-hybridized carbons (Fsp3) is 0.333. The van der Waals surface area contributed by atoms with E-state index in [1.54, 1.807) is 25.1 Å². The van der Waals surface area contributed by atoms with E-state index in [9.17, 15) is 36.3 Å². The molecule has 0 bridgehead atoms. The number of benzene rings is 3. The molecule has 3 N–H and O–H groups in total. The summed E-state index contributed by atoms with van der Waals surface area (Å²) in [5, 5.41) is 12.4. The van der Waals surface area contributed by atoms with Gasteiger partial charge < -0.3 is 25.0 Å². The van der Waals surface area contributed by atoms with E-state index in [4.69, 9.17) is 4.74 Å². The molecule has 0 aliphatic carbocycles. The maximum atomic E-state index is 13.7. The molecule has 0 saturated carbocycles. The van der Waals surface area contributed by atoms with Crippen LogP contribution in [-0.4, -0.2) is 74.2 Å². The van der Waals surface area contributed by atoms with Crippen LogP contribution >= 0.6 is 0 Å². The van der Waals surface area contributed by atoms with Gasteiger partial charge in [-0.1, -0.05) is 25.1 Å². The first-order valence-corrected chi connectivity index (χ1v) is 15.2. The summed E-state index contributed by atoms with van der Waals surface area (Å²) in [4.78, 5) is 29.4. The molecule has 4 rings (SSSR count). The molecule has 3 aromatic rings. The predicted octanol–water partition coefficient (Wildman–Crippen LogP) is 4.89. The van der Waals surface area contributed by atoms with Crippen molar-refractivity contribution < 1.29 is 41.0 Å². The normalized spacial score (nSPS) is 17.9. The van der Waals surface area contributed by atoms with Gasteiger partial charge in [0, 0.05) is 30.9 Å². The average molecular weight is 635 g/mol. The number of alkyl halides is 3. The highest BCUT2D eigenvalue weighted by Gasteiger charge is 2.34. The molecule has 0 saturated heterocycles. The molecule has 3 atom stereocenters. The largest absolute Gasteiger partial charge is 0.487 e. The van der Waals surface area contributed by atoms with Crippen LogP contribution in [0.5, 0.6) is 5.75 Å². The maximum absolute atomic E-state index is 13.7. The zero-order valence-corrected chi connectivity index (χ0v) is 25.0. The molecule has 44 heavy (non-hydrogen) atoms. The van der Waals surface area contributed by atoms with Crippen molar-refractivity contribution in [2.24, 2.45) is 5.92 Å². The summed E-state index contributed by atoms with van der Waals surface area (Å²) in [7, 11) is -2.46. The van der Waals surface area contributed by atoms with Crippen molar-refractivity contribution in [2.75, 3.05) is 36.8 Å². The molecule has 0 radical (unpaired) electrons. The second-order valence-corrected chi connectivity index (χ2v) is 12.3. The number of ether oxygens (including phenoxy) is 1. The highest BCUT2D eigenvalue weighted by Crippen LogP contribution is 2.32. The molecule has 1 aliphatic rings. The lowest BCUT2D eigenvalue weighted by Crippen LogP contribution is -2.50. The Hall–Kier alpha value is -4.30. The van der Waals surface area contributed by atoms with Gasteiger partial charge in [0.2, 0.25) is 0 Å². The minimum Gasteiger partial charge on any atom is -0.487 e. The number of carbonyl (C=O) groups is 2. The average Bonchev–Trinajstić information content (AvgIpc) is 2.98. The number of aliphatic hydroxyl groups excluding tert-OH is 1. The molecule has 3 aromatic carbocycles. The number of nitrogens with one attached hydrogen (secondary N) is 2. The predicted molar refractivity (Wildman–Crippen MR) is 158 cm³/mol. The van der Waals surface area contributed by atoms with Gasteiger partial charge in [-0.3, -0.25) is 9.52 Å². The Morgan fingerprint density at radius 2 is 1.73 bits per heavy atom. The number of urea groups is 1. The van der Waals surface area contributed by atoms with E-state index in [1.807, 2.05) is 6.92 Å². The number of fused-ring (bicyclic) bond motifs is 1. The second-order valence-electron chi connectivity index (χ2n) is 10.6. The number of anilines is 2. The highest BCUT2D eigenvalue weighted by molar-refractivity contribution is 7.92. The summed E-state index contributed by atoms with van der Waals surface area (Å²) in [6, 6.07) is 14.9. The minimum atomic E-state index is -4.50. The number of carbonyl (C=O) groups excluding carboxylic acids is 2. The quantitative estimate of drug-likeness (QED) is 0.324. The van der Waals surface area contributed by atoms with E-state index in [0.717, 1.165) is 24.3 Å². The lowest BCUT2D eigenvalue weighted by atomic mass is 9.99. The summed E-state index contributed by atoms with van der Waals surface area (Å²) in [6.07, 6.45) is -5.16. The molecule has 0 unspecified atom stereocenters. The van der Waals surface area contributed by atoms with E-state index >= 15 is 0 Å². The van der Waals surface area contributed by atoms with Crippen LogP contribution in [0.1, 0.15) is 29.8 Å². The number of hydrogen-bond acceptors (Lipinski definition) is 6. The first kappa shape index (κ1) is 32.6. The van der Waals surface area contributed by atoms with E-state index in [2.05, 4.69) is 10.0 Å². The Bertz CT molecular complexity index is 1590.